The number of benzene rings is 1. The molecule has 0 radical (unpaired) electrons. The predicted octanol–water partition coefficient (Wildman–Crippen LogP) is 3.38. The third-order valence-corrected chi connectivity index (χ3v) is 2.67. The molecule has 16 heavy (non-hydrogen) atoms. The Morgan fingerprint density at radius 1 is 1.44 bits per heavy atom. The van der Waals surface area contributed by atoms with E-state index < -0.39 is 0 Å². The summed E-state index contributed by atoms with van der Waals surface area (Å²) in [4.78, 5) is 4.14. The van der Waals surface area contributed by atoms with Gasteiger partial charge in [-0.25, -0.2) is 4.98 Å². The van der Waals surface area contributed by atoms with Gasteiger partial charge in [-0.05, 0) is 11.6 Å². The van der Waals surface area contributed by atoms with Gasteiger partial charge >= 0.3 is 0 Å². The number of methoxy groups -OCH3 is 1. The molecule has 84 valence electrons. The number of nitrogens with zero attached hydrogens (tertiary/aromatic N) is 1. The monoisotopic (exact) mass is 281 g/mol. The number of hydrogen-bond acceptors (Lipinski definition) is 3. The second-order valence-corrected chi connectivity index (χ2v) is 3.95. The quantitative estimate of drug-likeness (QED) is 0.806. The molecule has 2 rings (SSSR count). The van der Waals surface area contributed by atoms with Gasteiger partial charge in [-0.1, -0.05) is 34.1 Å². The molecule has 2 aromatic rings. The van der Waals surface area contributed by atoms with Gasteiger partial charge in [-0.2, -0.15) is 0 Å². The van der Waals surface area contributed by atoms with Gasteiger partial charge in [0.1, 0.15) is 0 Å². The van der Waals surface area contributed by atoms with Crippen molar-refractivity contribution < 1.29 is 9.15 Å². The summed E-state index contributed by atoms with van der Waals surface area (Å²) in [5.74, 6) is 1.47. The van der Waals surface area contributed by atoms with Crippen LogP contribution in [0.1, 0.15) is 11.5 Å². The Balaban J connectivity index is 2.28. The molecule has 0 amide bonds. The molecule has 0 unspecified atom stereocenters. The fourth-order valence-corrected chi connectivity index (χ4v) is 1.75. The van der Waals surface area contributed by atoms with Crippen LogP contribution in [0, 0.1) is 0 Å². The predicted molar refractivity (Wildman–Crippen MR) is 65.3 cm³/mol. The molecule has 0 bridgehead atoms. The van der Waals surface area contributed by atoms with Crippen LogP contribution >= 0.6 is 15.9 Å². The van der Waals surface area contributed by atoms with Crippen molar-refractivity contribution in [2.24, 2.45) is 0 Å². The zero-order chi connectivity index (χ0) is 11.4. The molecule has 0 fully saturated rings. The summed E-state index contributed by atoms with van der Waals surface area (Å²) in [6, 6.07) is 8.05. The number of hydrogen-bond donors (Lipinski definition) is 0. The number of halogens is 1. The molecule has 3 nitrogen and oxygen atoms in total. The maximum atomic E-state index is 5.55. The van der Waals surface area contributed by atoms with E-state index in [2.05, 4.69) is 20.9 Å². The first-order valence-electron chi connectivity index (χ1n) is 4.92. The molecule has 0 aliphatic heterocycles. The van der Waals surface area contributed by atoms with Gasteiger partial charge in [-0.15, -0.1) is 0 Å². The molecular weight excluding hydrogens is 270 g/mol. The van der Waals surface area contributed by atoms with Crippen molar-refractivity contribution in [1.29, 1.82) is 0 Å². The number of ether oxygens (including phenoxy) is 1. The van der Waals surface area contributed by atoms with Crippen LogP contribution < -0.4 is 0 Å². The first-order valence-corrected chi connectivity index (χ1v) is 6.04. The van der Waals surface area contributed by atoms with Gasteiger partial charge in [0.2, 0.25) is 5.89 Å². The lowest BCUT2D eigenvalue weighted by Gasteiger charge is -2.01. The van der Waals surface area contributed by atoms with Gasteiger partial charge in [0.05, 0.1) is 18.1 Å². The van der Waals surface area contributed by atoms with Crippen molar-refractivity contribution in [3.05, 3.63) is 41.9 Å². The Hall–Kier alpha value is -1.13. The number of rotatable bonds is 4. The Labute approximate surface area is 103 Å². The molecule has 1 aromatic heterocycles. The maximum Gasteiger partial charge on any atom is 0.205 e. The smallest absolute Gasteiger partial charge is 0.205 e. The Kier molecular flexibility index (Phi) is 3.74. The summed E-state index contributed by atoms with van der Waals surface area (Å²) in [5.41, 5.74) is 2.14. The molecule has 0 N–H and O–H groups in total. The largest absolute Gasteiger partial charge is 0.440 e. The van der Waals surface area contributed by atoms with Crippen LogP contribution in [0.15, 0.2) is 34.9 Å². The summed E-state index contributed by atoms with van der Waals surface area (Å²) >= 11 is 3.31. The van der Waals surface area contributed by atoms with Crippen LogP contribution in [0.4, 0.5) is 0 Å². The maximum absolute atomic E-state index is 5.55. The number of oxazole rings is 1. The molecule has 1 aromatic carbocycles. The highest BCUT2D eigenvalue weighted by Gasteiger charge is 2.05. The van der Waals surface area contributed by atoms with Gasteiger partial charge in [0.15, 0.2) is 5.76 Å². The zero-order valence-electron chi connectivity index (χ0n) is 8.94. The summed E-state index contributed by atoms with van der Waals surface area (Å²) in [7, 11) is 1.68. The second kappa shape index (κ2) is 5.27. The van der Waals surface area contributed by atoms with Crippen molar-refractivity contribution >= 4 is 15.9 Å². The van der Waals surface area contributed by atoms with Crippen LogP contribution in [0.25, 0.3) is 11.3 Å². The molecule has 0 aliphatic rings. The first-order chi connectivity index (χ1) is 7.83. The summed E-state index contributed by atoms with van der Waals surface area (Å²) in [6.07, 6.45) is 1.74. The van der Waals surface area contributed by atoms with Gasteiger partial charge < -0.3 is 9.15 Å². The molecular formula is C12H12BrNO2. The molecule has 0 aliphatic carbocycles. The fraction of sp³-hybridized carbons (Fsp3) is 0.250. The average Bonchev–Trinajstić information content (AvgIpc) is 2.78. The van der Waals surface area contributed by atoms with E-state index in [0.29, 0.717) is 17.8 Å². The topological polar surface area (TPSA) is 35.3 Å². The summed E-state index contributed by atoms with van der Waals surface area (Å²) in [5, 5.41) is 0.630. The highest BCUT2D eigenvalue weighted by molar-refractivity contribution is 9.08. The molecule has 0 saturated carbocycles. The lowest BCUT2D eigenvalue weighted by Crippen LogP contribution is -1.87. The van der Waals surface area contributed by atoms with Crippen LogP contribution in [0.3, 0.4) is 0 Å². The molecule has 4 heteroatoms. The Bertz CT molecular complexity index is 468. The van der Waals surface area contributed by atoms with Gasteiger partial charge in [0.25, 0.3) is 0 Å². The standard InChI is InChI=1S/C12H12BrNO2/c1-15-8-9-3-2-4-10(5-9)11-7-14-12(6-13)16-11/h2-5,7H,6,8H2,1H3. The third kappa shape index (κ3) is 2.51. The van der Waals surface area contributed by atoms with Gasteiger partial charge in [0, 0.05) is 12.7 Å². The SMILES string of the molecule is COCc1cccc(-c2cnc(CBr)o2)c1. The number of alkyl halides is 1. The first kappa shape index (κ1) is 11.4. The normalized spacial score (nSPS) is 10.6. The van der Waals surface area contributed by atoms with E-state index in [9.17, 15) is 0 Å². The highest BCUT2D eigenvalue weighted by Crippen LogP contribution is 2.22. The second-order valence-electron chi connectivity index (χ2n) is 3.39. The van der Waals surface area contributed by atoms with Crippen LogP contribution in [-0.4, -0.2) is 12.1 Å². The Morgan fingerprint density at radius 2 is 2.31 bits per heavy atom. The molecule has 0 saturated heterocycles. The van der Waals surface area contributed by atoms with Crippen LogP contribution in [0.5, 0.6) is 0 Å². The summed E-state index contributed by atoms with van der Waals surface area (Å²) < 4.78 is 10.6. The highest BCUT2D eigenvalue weighted by atomic mass is 79.9. The van der Waals surface area contributed by atoms with E-state index in [1.54, 1.807) is 13.3 Å². The zero-order valence-corrected chi connectivity index (χ0v) is 10.5. The van der Waals surface area contributed by atoms with Crippen molar-refractivity contribution in [2.75, 3.05) is 7.11 Å². The van der Waals surface area contributed by atoms with Crippen molar-refractivity contribution in [3.8, 4) is 11.3 Å². The molecule has 0 spiro atoms. The lowest BCUT2D eigenvalue weighted by molar-refractivity contribution is 0.185. The lowest BCUT2D eigenvalue weighted by atomic mass is 10.1. The molecule has 1 heterocycles. The van der Waals surface area contributed by atoms with Crippen molar-refractivity contribution in [2.45, 2.75) is 11.9 Å². The van der Waals surface area contributed by atoms with E-state index >= 15 is 0 Å². The van der Waals surface area contributed by atoms with Crippen molar-refractivity contribution in [3.63, 3.8) is 0 Å². The summed E-state index contributed by atoms with van der Waals surface area (Å²) in [6.45, 7) is 0.604. The van der Waals surface area contributed by atoms with E-state index in [1.807, 2.05) is 24.3 Å². The van der Waals surface area contributed by atoms with E-state index in [-0.39, 0.29) is 0 Å². The third-order valence-electron chi connectivity index (χ3n) is 2.19. The molecule has 0 atom stereocenters. The minimum Gasteiger partial charge on any atom is -0.440 e. The Morgan fingerprint density at radius 3 is 3.00 bits per heavy atom. The minimum absolute atomic E-state index is 0.604. The van der Waals surface area contributed by atoms with Crippen molar-refractivity contribution in [1.82, 2.24) is 4.98 Å². The fourth-order valence-electron chi connectivity index (χ4n) is 1.49. The van der Waals surface area contributed by atoms with E-state index in [0.717, 1.165) is 16.9 Å². The van der Waals surface area contributed by atoms with Gasteiger partial charge in [-0.3, -0.25) is 0 Å². The number of aromatic nitrogens is 1. The average molecular weight is 282 g/mol. The minimum atomic E-state index is 0.604. The van der Waals surface area contributed by atoms with E-state index in [4.69, 9.17) is 9.15 Å². The van der Waals surface area contributed by atoms with Crippen LogP contribution in [0.2, 0.25) is 0 Å². The van der Waals surface area contributed by atoms with E-state index in [1.165, 1.54) is 0 Å². The van der Waals surface area contributed by atoms with Crippen LogP contribution in [-0.2, 0) is 16.7 Å².